The Morgan fingerprint density at radius 3 is 2.31 bits per heavy atom. The van der Waals surface area contributed by atoms with Crippen LogP contribution >= 0.6 is 0 Å². The van der Waals surface area contributed by atoms with Crippen LogP contribution in [0.1, 0.15) is 0 Å². The summed E-state index contributed by atoms with van der Waals surface area (Å²) in [5.74, 6) is 0.562. The molecule has 0 radical (unpaired) electrons. The maximum absolute atomic E-state index is 10.9. The molecule has 0 aliphatic carbocycles. The van der Waals surface area contributed by atoms with Crippen LogP contribution in [0.4, 0.5) is 0 Å². The van der Waals surface area contributed by atoms with Crippen LogP contribution in [0.15, 0.2) is 27.4 Å². The largest absolute Gasteiger partial charge is 0.496 e. The number of H-pyrrole nitrogens is 1. The van der Waals surface area contributed by atoms with E-state index < -0.39 is 5.76 Å². The molecule has 16 heavy (non-hydrogen) atoms. The van der Waals surface area contributed by atoms with Crippen LogP contribution in [-0.4, -0.2) is 24.4 Å². The monoisotopic (exact) mass is 222 g/mol. The number of methoxy groups -OCH3 is 2. The minimum absolute atomic E-state index is 0.138. The maximum atomic E-state index is 10.9. The zero-order valence-electron chi connectivity index (χ0n) is 8.81. The quantitative estimate of drug-likeness (QED) is 0.839. The van der Waals surface area contributed by atoms with Crippen molar-refractivity contribution in [3.05, 3.63) is 28.7 Å². The first-order chi connectivity index (χ1) is 7.76. The van der Waals surface area contributed by atoms with E-state index in [9.17, 15) is 4.79 Å². The lowest BCUT2D eigenvalue weighted by molar-refractivity contribution is 0.393. The van der Waals surface area contributed by atoms with Crippen LogP contribution in [-0.2, 0) is 0 Å². The molecule has 0 bridgehead atoms. The van der Waals surface area contributed by atoms with Gasteiger partial charge in [0.2, 0.25) is 0 Å². The number of aromatic amines is 1. The first-order valence-corrected chi connectivity index (χ1v) is 4.53. The molecule has 1 N–H and O–H groups in total. The molecule has 0 atom stereocenters. The van der Waals surface area contributed by atoms with Gasteiger partial charge in [-0.3, -0.25) is 0 Å². The Morgan fingerprint density at radius 1 is 1.25 bits per heavy atom. The zero-order valence-corrected chi connectivity index (χ0v) is 8.81. The third kappa shape index (κ3) is 1.65. The van der Waals surface area contributed by atoms with Crippen molar-refractivity contribution in [2.45, 2.75) is 0 Å². The highest BCUT2D eigenvalue weighted by Gasteiger charge is 2.17. The van der Waals surface area contributed by atoms with Crippen molar-refractivity contribution < 1.29 is 13.9 Å². The molecule has 0 saturated heterocycles. The molecule has 6 nitrogen and oxygen atoms in total. The van der Waals surface area contributed by atoms with Gasteiger partial charge in [0, 0.05) is 0 Å². The van der Waals surface area contributed by atoms with Gasteiger partial charge in [-0.05, 0) is 12.1 Å². The Kier molecular flexibility index (Phi) is 2.63. The number of nitrogens with zero attached hydrogens (tertiary/aromatic N) is 1. The molecule has 6 heteroatoms. The molecular weight excluding hydrogens is 212 g/mol. The molecule has 1 heterocycles. The summed E-state index contributed by atoms with van der Waals surface area (Å²) >= 11 is 0. The topological polar surface area (TPSA) is 77.4 Å². The van der Waals surface area contributed by atoms with Crippen molar-refractivity contribution >= 4 is 0 Å². The molecule has 2 aromatic rings. The Hall–Kier alpha value is -2.24. The number of hydrogen-bond donors (Lipinski definition) is 1. The van der Waals surface area contributed by atoms with Crippen LogP contribution in [0.25, 0.3) is 11.5 Å². The van der Waals surface area contributed by atoms with Gasteiger partial charge in [0.15, 0.2) is 0 Å². The Bertz CT molecular complexity index is 521. The van der Waals surface area contributed by atoms with Crippen molar-refractivity contribution in [2.24, 2.45) is 0 Å². The van der Waals surface area contributed by atoms with E-state index in [0.29, 0.717) is 17.1 Å². The lowest BCUT2D eigenvalue weighted by atomic mass is 10.2. The van der Waals surface area contributed by atoms with Crippen LogP contribution in [0, 0.1) is 0 Å². The fraction of sp³-hybridized carbons (Fsp3) is 0.200. The van der Waals surface area contributed by atoms with Crippen molar-refractivity contribution in [1.82, 2.24) is 10.2 Å². The summed E-state index contributed by atoms with van der Waals surface area (Å²) in [6.45, 7) is 0. The molecule has 0 unspecified atom stereocenters. The molecular formula is C10H10N2O4. The van der Waals surface area contributed by atoms with Gasteiger partial charge in [-0.2, -0.15) is 0 Å². The second kappa shape index (κ2) is 4.09. The van der Waals surface area contributed by atoms with Crippen LogP contribution in [0.5, 0.6) is 11.5 Å². The van der Waals surface area contributed by atoms with E-state index in [1.54, 1.807) is 18.2 Å². The number of nitrogens with one attached hydrogen (secondary N) is 1. The fourth-order valence-electron chi connectivity index (χ4n) is 1.40. The van der Waals surface area contributed by atoms with E-state index in [2.05, 4.69) is 10.2 Å². The molecule has 2 rings (SSSR count). The Labute approximate surface area is 90.8 Å². The molecule has 0 spiro atoms. The average molecular weight is 222 g/mol. The molecule has 1 aromatic heterocycles. The predicted molar refractivity (Wildman–Crippen MR) is 55.7 cm³/mol. The van der Waals surface area contributed by atoms with Crippen LogP contribution in [0.3, 0.4) is 0 Å². The summed E-state index contributed by atoms with van der Waals surface area (Å²) < 4.78 is 15.2. The van der Waals surface area contributed by atoms with Gasteiger partial charge in [0.1, 0.15) is 17.1 Å². The maximum Gasteiger partial charge on any atom is 0.434 e. The first-order valence-electron chi connectivity index (χ1n) is 4.53. The van der Waals surface area contributed by atoms with Gasteiger partial charge in [-0.1, -0.05) is 6.07 Å². The number of hydrogen-bond acceptors (Lipinski definition) is 5. The van der Waals surface area contributed by atoms with Gasteiger partial charge >= 0.3 is 5.76 Å². The van der Waals surface area contributed by atoms with E-state index in [1.165, 1.54) is 14.2 Å². The summed E-state index contributed by atoms with van der Waals surface area (Å²) in [5, 5.41) is 5.93. The normalized spacial score (nSPS) is 10.1. The fourth-order valence-corrected chi connectivity index (χ4v) is 1.40. The number of aromatic nitrogens is 2. The highest BCUT2D eigenvalue weighted by Crippen LogP contribution is 2.36. The summed E-state index contributed by atoms with van der Waals surface area (Å²) in [6.07, 6.45) is 0. The summed E-state index contributed by atoms with van der Waals surface area (Å²) in [7, 11) is 3.03. The molecule has 0 fully saturated rings. The lowest BCUT2D eigenvalue weighted by Gasteiger charge is -2.09. The number of benzene rings is 1. The van der Waals surface area contributed by atoms with Crippen molar-refractivity contribution in [2.75, 3.05) is 14.2 Å². The second-order valence-electron chi connectivity index (χ2n) is 2.96. The van der Waals surface area contributed by atoms with Crippen molar-refractivity contribution in [1.29, 1.82) is 0 Å². The van der Waals surface area contributed by atoms with Gasteiger partial charge in [-0.15, -0.1) is 5.10 Å². The Morgan fingerprint density at radius 2 is 1.88 bits per heavy atom. The molecule has 84 valence electrons. The zero-order chi connectivity index (χ0) is 11.5. The van der Waals surface area contributed by atoms with Crippen molar-refractivity contribution in [3.63, 3.8) is 0 Å². The first kappa shape index (κ1) is 10.3. The Balaban J connectivity index is 2.65. The number of rotatable bonds is 3. The van der Waals surface area contributed by atoms with Gasteiger partial charge in [-0.25, -0.2) is 9.89 Å². The van der Waals surface area contributed by atoms with E-state index in [1.807, 2.05) is 0 Å². The minimum atomic E-state index is -0.622. The summed E-state index contributed by atoms with van der Waals surface area (Å²) in [4.78, 5) is 10.9. The SMILES string of the molecule is COc1cccc(OC)c1-c1n[nH]c(=O)o1. The highest BCUT2D eigenvalue weighted by molar-refractivity contribution is 5.70. The standard InChI is InChI=1S/C10H10N2O4/c1-14-6-4-3-5-7(15-2)8(6)9-11-12-10(13)16-9/h3-5H,1-2H3,(H,12,13). The smallest absolute Gasteiger partial charge is 0.434 e. The van der Waals surface area contributed by atoms with E-state index >= 15 is 0 Å². The average Bonchev–Trinajstić information content (AvgIpc) is 2.74. The molecule has 0 aliphatic rings. The predicted octanol–water partition coefficient (Wildman–Crippen LogP) is 1.05. The number of ether oxygens (including phenoxy) is 2. The van der Waals surface area contributed by atoms with E-state index in [-0.39, 0.29) is 5.89 Å². The van der Waals surface area contributed by atoms with Crippen LogP contribution < -0.4 is 15.2 Å². The third-order valence-electron chi connectivity index (χ3n) is 2.08. The third-order valence-corrected chi connectivity index (χ3v) is 2.08. The molecule has 0 amide bonds. The summed E-state index contributed by atoms with van der Waals surface area (Å²) in [5.41, 5.74) is 0.505. The molecule has 0 saturated carbocycles. The van der Waals surface area contributed by atoms with Gasteiger partial charge < -0.3 is 13.9 Å². The van der Waals surface area contributed by atoms with Crippen LogP contribution in [0.2, 0.25) is 0 Å². The summed E-state index contributed by atoms with van der Waals surface area (Å²) in [6, 6.07) is 5.23. The minimum Gasteiger partial charge on any atom is -0.496 e. The van der Waals surface area contributed by atoms with Crippen molar-refractivity contribution in [3.8, 4) is 23.0 Å². The highest BCUT2D eigenvalue weighted by atomic mass is 16.5. The molecule has 1 aromatic carbocycles. The second-order valence-corrected chi connectivity index (χ2v) is 2.96. The molecule has 0 aliphatic heterocycles. The lowest BCUT2D eigenvalue weighted by Crippen LogP contribution is -1.94. The van der Waals surface area contributed by atoms with E-state index in [4.69, 9.17) is 13.9 Å². The van der Waals surface area contributed by atoms with E-state index in [0.717, 1.165) is 0 Å². The van der Waals surface area contributed by atoms with Gasteiger partial charge in [0.25, 0.3) is 5.89 Å². The van der Waals surface area contributed by atoms with Gasteiger partial charge in [0.05, 0.1) is 14.2 Å².